The summed E-state index contributed by atoms with van der Waals surface area (Å²) < 4.78 is 0. The fraction of sp³-hybridized carbons (Fsp3) is 1.00. The van der Waals surface area contributed by atoms with Crippen molar-refractivity contribution in [2.24, 2.45) is 5.92 Å². The van der Waals surface area contributed by atoms with E-state index < -0.39 is 6.29 Å². The monoisotopic (exact) mass is 250 g/mol. The van der Waals surface area contributed by atoms with E-state index in [2.05, 4.69) is 0 Å². The molecule has 2 atom stereocenters. The smallest absolute Gasteiger partial charge is 0.151 e. The van der Waals surface area contributed by atoms with Crippen LogP contribution in [0, 0.1) is 5.92 Å². The van der Waals surface area contributed by atoms with E-state index in [0.29, 0.717) is 6.42 Å². The van der Waals surface area contributed by atoms with Gasteiger partial charge in [0.15, 0.2) is 6.29 Å². The van der Waals surface area contributed by atoms with Gasteiger partial charge in [-0.15, -0.1) is 0 Å². The molecule has 0 rings (SSSR count). The summed E-state index contributed by atoms with van der Waals surface area (Å²) in [5.41, 5.74) is 0. The van der Waals surface area contributed by atoms with Gasteiger partial charge < -0.3 is 20.4 Å². The Labute approximate surface area is 105 Å². The van der Waals surface area contributed by atoms with Crippen LogP contribution in [0.4, 0.5) is 0 Å². The van der Waals surface area contributed by atoms with Crippen LogP contribution >= 0.6 is 0 Å². The molecule has 0 amide bonds. The van der Waals surface area contributed by atoms with E-state index >= 15 is 0 Å². The molecule has 0 saturated heterocycles. The van der Waals surface area contributed by atoms with Crippen molar-refractivity contribution in [1.29, 1.82) is 0 Å². The van der Waals surface area contributed by atoms with Crippen LogP contribution < -0.4 is 0 Å². The van der Waals surface area contributed by atoms with E-state index in [-0.39, 0.29) is 18.6 Å². The first-order valence-electron chi connectivity index (χ1n) is 6.68. The quantitative estimate of drug-likeness (QED) is 0.494. The third-order valence-electron chi connectivity index (χ3n) is 2.70. The Morgan fingerprint density at radius 1 is 0.882 bits per heavy atom. The molecule has 17 heavy (non-hydrogen) atoms. The Balaban J connectivity index is 0. The molecule has 4 heteroatoms. The van der Waals surface area contributed by atoms with E-state index in [4.69, 9.17) is 15.3 Å². The molecule has 4 nitrogen and oxygen atoms in total. The molecule has 0 aromatic rings. The van der Waals surface area contributed by atoms with Crippen LogP contribution in [0.1, 0.15) is 59.3 Å². The normalized spacial score (nSPS) is 14.1. The predicted molar refractivity (Wildman–Crippen MR) is 69.5 cm³/mol. The van der Waals surface area contributed by atoms with Crippen LogP contribution in [0.3, 0.4) is 0 Å². The molecule has 106 valence electrons. The highest BCUT2D eigenvalue weighted by Crippen LogP contribution is 2.12. The van der Waals surface area contributed by atoms with Gasteiger partial charge in [-0.25, -0.2) is 0 Å². The zero-order valence-electron chi connectivity index (χ0n) is 11.5. The van der Waals surface area contributed by atoms with Crippen LogP contribution in [-0.2, 0) is 0 Å². The molecular formula is C13H30O4. The molecule has 0 aliphatic heterocycles. The van der Waals surface area contributed by atoms with E-state index in [0.717, 1.165) is 32.1 Å². The van der Waals surface area contributed by atoms with Crippen molar-refractivity contribution in [2.45, 2.75) is 71.7 Å². The minimum Gasteiger partial charge on any atom is -0.396 e. The molecule has 0 aromatic carbocycles. The van der Waals surface area contributed by atoms with Crippen molar-refractivity contribution >= 4 is 0 Å². The molecule has 0 spiro atoms. The fourth-order valence-corrected chi connectivity index (χ4v) is 1.44. The molecule has 0 aliphatic carbocycles. The maximum Gasteiger partial charge on any atom is 0.151 e. The summed E-state index contributed by atoms with van der Waals surface area (Å²) in [5.74, 6) is 0.0833. The molecule has 0 saturated carbocycles. The summed E-state index contributed by atoms with van der Waals surface area (Å²) in [6.07, 6.45) is 3.68. The van der Waals surface area contributed by atoms with Gasteiger partial charge in [-0.1, -0.05) is 33.6 Å². The van der Waals surface area contributed by atoms with Gasteiger partial charge in [0.1, 0.15) is 0 Å². The van der Waals surface area contributed by atoms with Crippen LogP contribution in [0.5, 0.6) is 0 Å². The van der Waals surface area contributed by atoms with Crippen molar-refractivity contribution < 1.29 is 20.4 Å². The summed E-state index contributed by atoms with van der Waals surface area (Å²) in [6, 6.07) is 0. The number of hydrogen-bond donors (Lipinski definition) is 4. The minimum absolute atomic E-state index is 0.0833. The Morgan fingerprint density at radius 2 is 1.47 bits per heavy atom. The van der Waals surface area contributed by atoms with E-state index in [1.54, 1.807) is 0 Å². The van der Waals surface area contributed by atoms with E-state index in [1.165, 1.54) is 0 Å². The summed E-state index contributed by atoms with van der Waals surface area (Å²) in [4.78, 5) is 0. The van der Waals surface area contributed by atoms with Gasteiger partial charge in [-0.05, 0) is 25.7 Å². The van der Waals surface area contributed by atoms with Gasteiger partial charge >= 0.3 is 0 Å². The summed E-state index contributed by atoms with van der Waals surface area (Å²) in [5, 5.41) is 34.6. The Morgan fingerprint density at radius 3 is 1.71 bits per heavy atom. The minimum atomic E-state index is -1.10. The molecule has 0 fully saturated rings. The highest BCUT2D eigenvalue weighted by atomic mass is 16.5. The van der Waals surface area contributed by atoms with Crippen molar-refractivity contribution in [3.8, 4) is 0 Å². The lowest BCUT2D eigenvalue weighted by Crippen LogP contribution is -2.22. The molecule has 0 radical (unpaired) electrons. The van der Waals surface area contributed by atoms with Crippen LogP contribution in [-0.4, -0.2) is 39.4 Å². The maximum absolute atomic E-state index is 9.35. The van der Waals surface area contributed by atoms with E-state index in [1.807, 2.05) is 20.8 Å². The number of aliphatic hydroxyl groups is 4. The van der Waals surface area contributed by atoms with Gasteiger partial charge in [-0.2, -0.15) is 0 Å². The molecule has 0 aromatic heterocycles. The SMILES string of the molecule is CCCC(O)C(CC)CO.CCCCC(O)O. The van der Waals surface area contributed by atoms with Gasteiger partial charge in [0.05, 0.1) is 6.10 Å². The number of unbranched alkanes of at least 4 members (excludes halogenated alkanes) is 1. The second-order valence-electron chi connectivity index (χ2n) is 4.33. The molecule has 0 heterocycles. The summed E-state index contributed by atoms with van der Waals surface area (Å²) >= 11 is 0. The largest absolute Gasteiger partial charge is 0.396 e. The van der Waals surface area contributed by atoms with Crippen molar-refractivity contribution in [3.63, 3.8) is 0 Å². The average Bonchev–Trinajstić information content (AvgIpc) is 2.29. The first-order valence-corrected chi connectivity index (χ1v) is 6.68. The van der Waals surface area contributed by atoms with Gasteiger partial charge in [0.2, 0.25) is 0 Å². The van der Waals surface area contributed by atoms with Crippen molar-refractivity contribution in [3.05, 3.63) is 0 Å². The van der Waals surface area contributed by atoms with E-state index in [9.17, 15) is 5.11 Å². The first kappa shape index (κ1) is 19.2. The highest BCUT2D eigenvalue weighted by molar-refractivity contribution is 4.65. The zero-order valence-corrected chi connectivity index (χ0v) is 11.5. The lowest BCUT2D eigenvalue weighted by atomic mass is 9.97. The first-order chi connectivity index (χ1) is 8.03. The maximum atomic E-state index is 9.35. The zero-order chi connectivity index (χ0) is 13.7. The lowest BCUT2D eigenvalue weighted by Gasteiger charge is -2.17. The second kappa shape index (κ2) is 13.9. The van der Waals surface area contributed by atoms with Gasteiger partial charge in [0, 0.05) is 12.5 Å². The number of aliphatic hydroxyl groups excluding tert-OH is 3. The Hall–Kier alpha value is -0.160. The molecule has 2 unspecified atom stereocenters. The van der Waals surface area contributed by atoms with Crippen LogP contribution in [0.15, 0.2) is 0 Å². The highest BCUT2D eigenvalue weighted by Gasteiger charge is 2.14. The molecule has 4 N–H and O–H groups in total. The Kier molecular flexibility index (Phi) is 15.7. The van der Waals surface area contributed by atoms with Crippen molar-refractivity contribution in [1.82, 2.24) is 0 Å². The van der Waals surface area contributed by atoms with Crippen LogP contribution in [0.2, 0.25) is 0 Å². The van der Waals surface area contributed by atoms with Crippen LogP contribution in [0.25, 0.3) is 0 Å². The third kappa shape index (κ3) is 13.8. The summed E-state index contributed by atoms with van der Waals surface area (Å²) in [7, 11) is 0. The Bertz CT molecular complexity index is 135. The molecule has 0 bridgehead atoms. The number of hydrogen-bond acceptors (Lipinski definition) is 4. The predicted octanol–water partition coefficient (Wildman–Crippen LogP) is 1.65. The molecular weight excluding hydrogens is 220 g/mol. The van der Waals surface area contributed by atoms with Crippen molar-refractivity contribution in [2.75, 3.05) is 6.61 Å². The second-order valence-corrected chi connectivity index (χ2v) is 4.33. The van der Waals surface area contributed by atoms with Gasteiger partial charge in [-0.3, -0.25) is 0 Å². The summed E-state index contributed by atoms with van der Waals surface area (Å²) in [6.45, 7) is 6.15. The molecule has 0 aliphatic rings. The standard InChI is InChI=1S/C8H18O2.C5H12O2/c1-3-5-8(10)7(4-2)6-9;1-2-3-4-5(6)7/h7-10H,3-6H2,1-2H3;5-7H,2-4H2,1H3. The fourth-order valence-electron chi connectivity index (χ4n) is 1.44. The topological polar surface area (TPSA) is 80.9 Å². The number of rotatable bonds is 8. The van der Waals surface area contributed by atoms with Gasteiger partial charge in [0.25, 0.3) is 0 Å². The third-order valence-corrected chi connectivity index (χ3v) is 2.70. The average molecular weight is 250 g/mol. The lowest BCUT2D eigenvalue weighted by molar-refractivity contribution is -0.0463.